The van der Waals surface area contributed by atoms with Crippen LogP contribution < -0.4 is 4.74 Å². The molecule has 0 spiro atoms. The third-order valence-electron chi connectivity index (χ3n) is 2.64. The van der Waals surface area contributed by atoms with E-state index in [-0.39, 0.29) is 17.3 Å². The Bertz CT molecular complexity index is 628. The second-order valence-electron chi connectivity index (χ2n) is 4.48. The lowest BCUT2D eigenvalue weighted by Crippen LogP contribution is -1.97. The zero-order chi connectivity index (χ0) is 14.7. The summed E-state index contributed by atoms with van der Waals surface area (Å²) < 4.78 is 5.52. The molecule has 106 valence electrons. The van der Waals surface area contributed by atoms with E-state index in [2.05, 4.69) is 18.8 Å². The molecule has 0 bridgehead atoms. The monoisotopic (exact) mass is 312 g/mol. The number of hydrogen-bond donors (Lipinski definition) is 0. The van der Waals surface area contributed by atoms with E-state index in [9.17, 15) is 10.1 Å². The number of ether oxygens (including phenoxy) is 1. The topological polar surface area (TPSA) is 65.3 Å². The van der Waals surface area contributed by atoms with Crippen LogP contribution in [0, 0.1) is 10.1 Å². The first-order valence-corrected chi connectivity index (χ1v) is 7.24. The lowest BCUT2D eigenvalue weighted by molar-refractivity contribution is -0.384. The number of benzene rings is 1. The summed E-state index contributed by atoms with van der Waals surface area (Å²) in [5.74, 6) is 0.777. The van der Waals surface area contributed by atoms with Crippen LogP contribution in [-0.2, 0) is 6.61 Å². The fourth-order valence-electron chi connectivity index (χ4n) is 1.52. The van der Waals surface area contributed by atoms with Crippen molar-refractivity contribution in [3.63, 3.8) is 0 Å². The lowest BCUT2D eigenvalue weighted by Gasteiger charge is -2.04. The van der Waals surface area contributed by atoms with Gasteiger partial charge in [0.15, 0.2) is 0 Å². The smallest absolute Gasteiger partial charge is 0.291 e. The number of nitrogens with zero attached hydrogens (tertiary/aromatic N) is 2. The van der Waals surface area contributed by atoms with Crippen molar-refractivity contribution in [2.45, 2.75) is 26.4 Å². The molecule has 5 nitrogen and oxygen atoms in total. The molecule has 0 radical (unpaired) electrons. The van der Waals surface area contributed by atoms with Crippen molar-refractivity contribution in [1.29, 1.82) is 0 Å². The van der Waals surface area contributed by atoms with Crippen LogP contribution in [0.3, 0.4) is 0 Å². The van der Waals surface area contributed by atoms with E-state index in [0.29, 0.717) is 11.7 Å². The Labute approximate surface area is 125 Å². The van der Waals surface area contributed by atoms with E-state index in [0.717, 1.165) is 10.7 Å². The highest BCUT2D eigenvalue weighted by molar-refractivity contribution is 7.09. The zero-order valence-electron chi connectivity index (χ0n) is 11.0. The van der Waals surface area contributed by atoms with Gasteiger partial charge >= 0.3 is 0 Å². The maximum absolute atomic E-state index is 10.8. The van der Waals surface area contributed by atoms with Crippen molar-refractivity contribution in [1.82, 2.24) is 4.98 Å². The van der Waals surface area contributed by atoms with Crippen molar-refractivity contribution in [3.05, 3.63) is 49.4 Å². The second-order valence-corrected chi connectivity index (χ2v) is 5.83. The van der Waals surface area contributed by atoms with Crippen LogP contribution in [0.15, 0.2) is 23.6 Å². The van der Waals surface area contributed by atoms with Crippen LogP contribution in [0.2, 0.25) is 5.02 Å². The quantitative estimate of drug-likeness (QED) is 0.606. The van der Waals surface area contributed by atoms with Crippen LogP contribution >= 0.6 is 22.9 Å². The molecule has 2 rings (SSSR count). The first kappa shape index (κ1) is 14.7. The largest absolute Gasteiger partial charge is 0.486 e. The normalized spacial score (nSPS) is 10.8. The maximum Gasteiger partial charge on any atom is 0.291 e. The summed E-state index contributed by atoms with van der Waals surface area (Å²) in [5.41, 5.74) is 0.863. The zero-order valence-corrected chi connectivity index (χ0v) is 12.6. The Morgan fingerprint density at radius 1 is 1.50 bits per heavy atom. The fourth-order valence-corrected chi connectivity index (χ4v) is 2.58. The minimum atomic E-state index is -0.532. The van der Waals surface area contributed by atoms with Crippen LogP contribution in [0.4, 0.5) is 5.69 Å². The highest BCUT2D eigenvalue weighted by Gasteiger charge is 2.14. The molecule has 1 aromatic carbocycles. The molecule has 0 unspecified atom stereocenters. The number of nitro benzene ring substituents is 1. The van der Waals surface area contributed by atoms with Gasteiger partial charge in [0.25, 0.3) is 5.69 Å². The summed E-state index contributed by atoms with van der Waals surface area (Å²) in [7, 11) is 0. The molecule has 0 aliphatic heterocycles. The average molecular weight is 313 g/mol. The summed E-state index contributed by atoms with van der Waals surface area (Å²) in [4.78, 5) is 14.7. The first-order valence-electron chi connectivity index (χ1n) is 5.98. The van der Waals surface area contributed by atoms with E-state index < -0.39 is 4.92 Å². The van der Waals surface area contributed by atoms with E-state index in [1.54, 1.807) is 6.07 Å². The number of halogens is 1. The predicted octanol–water partition coefficient (Wildman–Crippen LogP) is 4.41. The number of thiazole rings is 1. The third-order valence-corrected chi connectivity index (χ3v) is 3.80. The third kappa shape index (κ3) is 3.46. The Kier molecular flexibility index (Phi) is 4.57. The molecule has 0 saturated carbocycles. The number of nitro groups is 1. The molecule has 0 N–H and O–H groups in total. The Morgan fingerprint density at radius 2 is 2.25 bits per heavy atom. The van der Waals surface area contributed by atoms with E-state index in [1.807, 2.05) is 5.38 Å². The highest BCUT2D eigenvalue weighted by Crippen LogP contribution is 2.29. The van der Waals surface area contributed by atoms with Crippen molar-refractivity contribution >= 4 is 28.6 Å². The van der Waals surface area contributed by atoms with Gasteiger partial charge in [0.1, 0.15) is 22.4 Å². The molecule has 0 fully saturated rings. The Hall–Kier alpha value is -1.66. The van der Waals surface area contributed by atoms with Gasteiger partial charge in [-0.25, -0.2) is 4.98 Å². The molecule has 2 aromatic rings. The molecule has 1 aromatic heterocycles. The van der Waals surface area contributed by atoms with Crippen LogP contribution in [0.25, 0.3) is 0 Å². The van der Waals surface area contributed by atoms with Gasteiger partial charge in [-0.3, -0.25) is 10.1 Å². The van der Waals surface area contributed by atoms with Gasteiger partial charge in [0, 0.05) is 5.38 Å². The molecule has 7 heteroatoms. The van der Waals surface area contributed by atoms with Gasteiger partial charge in [0.05, 0.1) is 16.7 Å². The van der Waals surface area contributed by atoms with Crippen LogP contribution in [-0.4, -0.2) is 9.91 Å². The van der Waals surface area contributed by atoms with Gasteiger partial charge < -0.3 is 4.74 Å². The van der Waals surface area contributed by atoms with Crippen LogP contribution in [0.5, 0.6) is 5.75 Å². The summed E-state index contributed by atoms with van der Waals surface area (Å²) in [6, 6.07) is 4.38. The molecule has 0 atom stereocenters. The van der Waals surface area contributed by atoms with Crippen LogP contribution in [0.1, 0.15) is 30.5 Å². The number of rotatable bonds is 5. The van der Waals surface area contributed by atoms with Gasteiger partial charge in [-0.1, -0.05) is 25.4 Å². The van der Waals surface area contributed by atoms with Gasteiger partial charge in [-0.15, -0.1) is 11.3 Å². The maximum atomic E-state index is 10.8. The molecule has 0 aliphatic carbocycles. The Morgan fingerprint density at radius 3 is 2.85 bits per heavy atom. The summed E-state index contributed by atoms with van der Waals surface area (Å²) in [6.07, 6.45) is 0. The van der Waals surface area contributed by atoms with Gasteiger partial charge in [-0.2, -0.15) is 0 Å². The van der Waals surface area contributed by atoms with E-state index >= 15 is 0 Å². The van der Waals surface area contributed by atoms with E-state index in [4.69, 9.17) is 16.3 Å². The molecule has 0 aliphatic rings. The lowest BCUT2D eigenvalue weighted by atomic mass is 10.2. The first-order chi connectivity index (χ1) is 9.47. The number of hydrogen-bond acceptors (Lipinski definition) is 5. The van der Waals surface area contributed by atoms with E-state index in [1.165, 1.54) is 23.5 Å². The standard InChI is InChI=1S/C13H13ClN2O3S/c1-8(2)11-7-20-13(15-11)6-19-9-3-4-10(14)12(5-9)16(17)18/h3-5,7-8H,6H2,1-2H3. The minimum Gasteiger partial charge on any atom is -0.486 e. The molecular weight excluding hydrogens is 300 g/mol. The van der Waals surface area contributed by atoms with Crippen molar-refractivity contribution in [3.8, 4) is 5.75 Å². The van der Waals surface area contributed by atoms with Gasteiger partial charge in [-0.05, 0) is 18.1 Å². The number of aromatic nitrogens is 1. The summed E-state index contributed by atoms with van der Waals surface area (Å²) in [5, 5.41) is 13.7. The second kappa shape index (κ2) is 6.19. The minimum absolute atomic E-state index is 0.0960. The fraction of sp³-hybridized carbons (Fsp3) is 0.308. The Balaban J connectivity index is 2.06. The molecule has 0 saturated heterocycles. The van der Waals surface area contributed by atoms with Crippen molar-refractivity contribution < 1.29 is 9.66 Å². The summed E-state index contributed by atoms with van der Waals surface area (Å²) >= 11 is 7.25. The SMILES string of the molecule is CC(C)c1csc(COc2ccc(Cl)c([N+](=O)[O-])c2)n1. The highest BCUT2D eigenvalue weighted by atomic mass is 35.5. The van der Waals surface area contributed by atoms with Crippen molar-refractivity contribution in [2.24, 2.45) is 0 Å². The van der Waals surface area contributed by atoms with Gasteiger partial charge in [0.2, 0.25) is 0 Å². The summed E-state index contributed by atoms with van der Waals surface area (Å²) in [6.45, 7) is 4.43. The molecular formula is C13H13ClN2O3S. The average Bonchev–Trinajstić information content (AvgIpc) is 2.86. The van der Waals surface area contributed by atoms with Crippen molar-refractivity contribution in [2.75, 3.05) is 0 Å². The molecule has 0 amide bonds. The molecule has 20 heavy (non-hydrogen) atoms. The predicted molar refractivity (Wildman–Crippen MR) is 78.6 cm³/mol. The molecule has 1 heterocycles.